The fourth-order valence-corrected chi connectivity index (χ4v) is 2.46. The van der Waals surface area contributed by atoms with Gasteiger partial charge in [-0.3, -0.25) is 0 Å². The van der Waals surface area contributed by atoms with Gasteiger partial charge in [0.25, 0.3) is 0 Å². The van der Waals surface area contributed by atoms with Crippen LogP contribution < -0.4 is 4.74 Å². The number of thiophene rings is 1. The number of aryl methyl sites for hydroxylation is 2. The van der Waals surface area contributed by atoms with Gasteiger partial charge in [-0.05, 0) is 59.5 Å². The summed E-state index contributed by atoms with van der Waals surface area (Å²) in [5, 5.41) is 4.09. The number of benzene rings is 1. The molecule has 0 aliphatic carbocycles. The van der Waals surface area contributed by atoms with Gasteiger partial charge >= 0.3 is 5.97 Å². The molecule has 0 saturated carbocycles. The molecule has 0 fully saturated rings. The van der Waals surface area contributed by atoms with Crippen molar-refractivity contribution < 1.29 is 14.3 Å². The molecule has 1 aromatic carbocycles. The molecule has 0 N–H and O–H groups in total. The number of carbonyl (C=O) groups excluding carboxylic acids is 1. The van der Waals surface area contributed by atoms with E-state index in [0.717, 1.165) is 22.4 Å². The van der Waals surface area contributed by atoms with Crippen LogP contribution in [0.4, 0.5) is 0 Å². The van der Waals surface area contributed by atoms with Crippen molar-refractivity contribution in [3.63, 3.8) is 0 Å². The maximum atomic E-state index is 11.6. The molecule has 0 aliphatic heterocycles. The third-order valence-corrected chi connectivity index (χ3v) is 3.63. The quantitative estimate of drug-likeness (QED) is 0.764. The molecule has 0 saturated heterocycles. The predicted octanol–water partition coefficient (Wildman–Crippen LogP) is 4.76. The Balaban J connectivity index is 0.00000106. The normalized spacial score (nSPS) is 9.57. The van der Waals surface area contributed by atoms with Crippen molar-refractivity contribution in [1.29, 1.82) is 0 Å². The Morgan fingerprint density at radius 1 is 1.19 bits per heavy atom. The average molecular weight is 306 g/mol. The van der Waals surface area contributed by atoms with Crippen LogP contribution in [0.15, 0.2) is 29.0 Å². The zero-order valence-corrected chi connectivity index (χ0v) is 14.0. The van der Waals surface area contributed by atoms with Crippen molar-refractivity contribution in [2.45, 2.75) is 34.3 Å². The van der Waals surface area contributed by atoms with E-state index in [1.807, 2.05) is 51.3 Å². The first-order valence-electron chi connectivity index (χ1n) is 6.95. The Morgan fingerprint density at radius 2 is 1.90 bits per heavy atom. The lowest BCUT2D eigenvalue weighted by Crippen LogP contribution is -2.05. The molecule has 0 atom stereocenters. The summed E-state index contributed by atoms with van der Waals surface area (Å²) in [5.74, 6) is 0.487. The summed E-state index contributed by atoms with van der Waals surface area (Å²) in [6.45, 7) is 8.35. The highest BCUT2D eigenvalue weighted by Gasteiger charge is 2.12. The lowest BCUT2D eigenvalue weighted by Gasteiger charge is -2.12. The third kappa shape index (κ3) is 4.60. The minimum absolute atomic E-state index is 0.315. The first-order chi connectivity index (χ1) is 10.1. The highest BCUT2D eigenvalue weighted by molar-refractivity contribution is 7.07. The van der Waals surface area contributed by atoms with Gasteiger partial charge in [0, 0.05) is 0 Å². The molecule has 0 radical (unpaired) electrons. The zero-order valence-electron chi connectivity index (χ0n) is 13.2. The van der Waals surface area contributed by atoms with Crippen molar-refractivity contribution in [2.75, 3.05) is 7.11 Å². The Kier molecular flexibility index (Phi) is 6.96. The summed E-state index contributed by atoms with van der Waals surface area (Å²) in [5.41, 5.74) is 3.53. The van der Waals surface area contributed by atoms with Crippen molar-refractivity contribution >= 4 is 17.3 Å². The van der Waals surface area contributed by atoms with E-state index in [-0.39, 0.29) is 5.97 Å². The molecule has 0 unspecified atom stereocenters. The predicted molar refractivity (Wildman–Crippen MR) is 87.3 cm³/mol. The molecule has 2 rings (SSSR count). The van der Waals surface area contributed by atoms with E-state index < -0.39 is 0 Å². The molecule has 114 valence electrons. The number of hydrogen-bond donors (Lipinski definition) is 0. The van der Waals surface area contributed by atoms with Crippen LogP contribution in [0, 0.1) is 13.8 Å². The minimum Gasteiger partial charge on any atom is -0.489 e. The summed E-state index contributed by atoms with van der Waals surface area (Å²) in [6, 6.07) is 5.73. The van der Waals surface area contributed by atoms with E-state index in [1.54, 1.807) is 11.3 Å². The van der Waals surface area contributed by atoms with E-state index in [0.29, 0.717) is 12.2 Å². The number of esters is 1. The second-order valence-corrected chi connectivity index (χ2v) is 5.12. The molecule has 4 heteroatoms. The fourth-order valence-electron chi connectivity index (χ4n) is 1.81. The highest BCUT2D eigenvalue weighted by Crippen LogP contribution is 2.24. The van der Waals surface area contributed by atoms with Crippen LogP contribution in [0.1, 0.15) is 40.9 Å². The van der Waals surface area contributed by atoms with Crippen molar-refractivity contribution in [2.24, 2.45) is 0 Å². The number of methoxy groups -OCH3 is 1. The molecule has 0 bridgehead atoms. The molecular weight excluding hydrogens is 284 g/mol. The summed E-state index contributed by atoms with van der Waals surface area (Å²) < 4.78 is 10.5. The van der Waals surface area contributed by atoms with Crippen molar-refractivity contribution in [1.82, 2.24) is 0 Å². The number of carbonyl (C=O) groups is 1. The largest absolute Gasteiger partial charge is 0.489 e. The second-order valence-electron chi connectivity index (χ2n) is 4.34. The topological polar surface area (TPSA) is 35.5 Å². The van der Waals surface area contributed by atoms with Crippen LogP contribution in [0.25, 0.3) is 0 Å². The Labute approximate surface area is 130 Å². The lowest BCUT2D eigenvalue weighted by molar-refractivity contribution is 0.0599. The Bertz CT molecular complexity index is 574. The van der Waals surface area contributed by atoms with Crippen LogP contribution in [0.5, 0.6) is 5.75 Å². The second kappa shape index (κ2) is 8.47. The van der Waals surface area contributed by atoms with Gasteiger partial charge in [-0.15, -0.1) is 0 Å². The molecule has 0 spiro atoms. The minimum atomic E-state index is -0.315. The molecular formula is C17H22O3S. The molecule has 1 aromatic heterocycles. The maximum absolute atomic E-state index is 11.6. The van der Waals surface area contributed by atoms with Gasteiger partial charge < -0.3 is 9.47 Å². The number of rotatable bonds is 4. The van der Waals surface area contributed by atoms with E-state index in [9.17, 15) is 4.79 Å². The van der Waals surface area contributed by atoms with Gasteiger partial charge in [-0.1, -0.05) is 13.8 Å². The highest BCUT2D eigenvalue weighted by atomic mass is 32.1. The van der Waals surface area contributed by atoms with E-state index in [1.165, 1.54) is 7.11 Å². The van der Waals surface area contributed by atoms with Gasteiger partial charge in [0.1, 0.15) is 12.4 Å². The van der Waals surface area contributed by atoms with E-state index in [2.05, 4.69) is 5.38 Å². The smallest absolute Gasteiger partial charge is 0.338 e. The maximum Gasteiger partial charge on any atom is 0.338 e. The SMILES string of the molecule is CC.COC(=O)c1cc(C)c(OCc2ccsc2)cc1C. The van der Waals surface area contributed by atoms with E-state index >= 15 is 0 Å². The Morgan fingerprint density at radius 3 is 2.48 bits per heavy atom. The van der Waals surface area contributed by atoms with Crippen LogP contribution in [0.2, 0.25) is 0 Å². The third-order valence-electron chi connectivity index (χ3n) is 2.90. The first-order valence-corrected chi connectivity index (χ1v) is 7.89. The molecule has 2 aromatic rings. The molecule has 0 aliphatic rings. The van der Waals surface area contributed by atoms with Crippen molar-refractivity contribution in [3.8, 4) is 5.75 Å². The summed E-state index contributed by atoms with van der Waals surface area (Å²) >= 11 is 1.65. The summed E-state index contributed by atoms with van der Waals surface area (Å²) in [7, 11) is 1.39. The standard InChI is InChI=1S/C15H16O3S.C2H6/c1-10-7-14(18-8-12-4-5-19-9-12)11(2)6-13(10)15(16)17-3;1-2/h4-7,9H,8H2,1-3H3;1-2H3. The van der Waals surface area contributed by atoms with Crippen LogP contribution in [0.3, 0.4) is 0 Å². The number of ether oxygens (including phenoxy) is 2. The first kappa shape index (κ1) is 17.2. The number of hydrogen-bond acceptors (Lipinski definition) is 4. The van der Waals surface area contributed by atoms with E-state index in [4.69, 9.17) is 9.47 Å². The molecule has 1 heterocycles. The fraction of sp³-hybridized carbons (Fsp3) is 0.353. The monoisotopic (exact) mass is 306 g/mol. The summed E-state index contributed by atoms with van der Waals surface area (Å²) in [4.78, 5) is 11.6. The van der Waals surface area contributed by atoms with Crippen LogP contribution in [-0.2, 0) is 11.3 Å². The van der Waals surface area contributed by atoms with Crippen LogP contribution >= 0.6 is 11.3 Å². The van der Waals surface area contributed by atoms with Crippen molar-refractivity contribution in [3.05, 3.63) is 51.2 Å². The van der Waals surface area contributed by atoms with Gasteiger partial charge in [-0.25, -0.2) is 4.79 Å². The van der Waals surface area contributed by atoms with Gasteiger partial charge in [0.05, 0.1) is 12.7 Å². The molecule has 0 amide bonds. The summed E-state index contributed by atoms with van der Waals surface area (Å²) in [6.07, 6.45) is 0. The lowest BCUT2D eigenvalue weighted by atomic mass is 10.0. The average Bonchev–Trinajstić information content (AvgIpc) is 3.02. The zero-order chi connectivity index (χ0) is 15.8. The molecule has 21 heavy (non-hydrogen) atoms. The van der Waals surface area contributed by atoms with Crippen LogP contribution in [-0.4, -0.2) is 13.1 Å². The Hall–Kier alpha value is -1.81. The molecule has 3 nitrogen and oxygen atoms in total. The van der Waals surface area contributed by atoms with Gasteiger partial charge in [-0.2, -0.15) is 11.3 Å². The van der Waals surface area contributed by atoms with Gasteiger partial charge in [0.15, 0.2) is 0 Å². The van der Waals surface area contributed by atoms with Gasteiger partial charge in [0.2, 0.25) is 0 Å².